The van der Waals surface area contributed by atoms with Gasteiger partial charge in [0.25, 0.3) is 5.91 Å². The molecule has 26 heavy (non-hydrogen) atoms. The minimum Gasteiger partial charge on any atom is -0.481 e. The number of hydrogen-bond donors (Lipinski definition) is 2. The Hall–Kier alpha value is -3.13. The van der Waals surface area contributed by atoms with Gasteiger partial charge >= 0.3 is 5.97 Å². The monoisotopic (exact) mass is 373 g/mol. The largest absolute Gasteiger partial charge is 0.481 e. The zero-order valence-electron chi connectivity index (χ0n) is 13.7. The molecule has 2 heterocycles. The first-order chi connectivity index (χ1) is 12.5. The van der Waals surface area contributed by atoms with Crippen molar-refractivity contribution in [3.63, 3.8) is 0 Å². The summed E-state index contributed by atoms with van der Waals surface area (Å²) in [5.74, 6) is -1.26. The van der Waals surface area contributed by atoms with Crippen molar-refractivity contribution in [2.24, 2.45) is 0 Å². The van der Waals surface area contributed by atoms with E-state index in [9.17, 15) is 9.59 Å². The SMILES string of the molecule is O=C(O)CCn1cc(C(=O)Nc2cnn(Cc3ccccc3Cl)c2)cn1. The number of nitrogens with zero attached hydrogens (tertiary/aromatic N) is 4. The molecule has 0 saturated carbocycles. The Morgan fingerprint density at radius 1 is 1.12 bits per heavy atom. The predicted molar refractivity (Wildman–Crippen MR) is 95.2 cm³/mol. The molecule has 0 unspecified atom stereocenters. The van der Waals surface area contributed by atoms with Gasteiger partial charge in [0, 0.05) is 17.4 Å². The van der Waals surface area contributed by atoms with Gasteiger partial charge in [-0.2, -0.15) is 10.2 Å². The number of anilines is 1. The molecule has 0 spiro atoms. The molecule has 0 fully saturated rings. The minimum atomic E-state index is -0.919. The van der Waals surface area contributed by atoms with E-state index in [4.69, 9.17) is 16.7 Å². The molecule has 0 aliphatic heterocycles. The van der Waals surface area contributed by atoms with Crippen LogP contribution < -0.4 is 5.32 Å². The maximum Gasteiger partial charge on any atom is 0.305 e. The fourth-order valence-corrected chi connectivity index (χ4v) is 2.53. The van der Waals surface area contributed by atoms with Crippen molar-refractivity contribution in [1.29, 1.82) is 0 Å². The second-order valence-electron chi connectivity index (χ2n) is 5.61. The highest BCUT2D eigenvalue weighted by molar-refractivity contribution is 6.31. The van der Waals surface area contributed by atoms with Crippen LogP contribution in [0, 0.1) is 0 Å². The molecule has 9 heteroatoms. The number of aliphatic carboxylic acids is 1. The molecular weight excluding hydrogens is 358 g/mol. The zero-order valence-corrected chi connectivity index (χ0v) is 14.4. The van der Waals surface area contributed by atoms with Crippen molar-refractivity contribution < 1.29 is 14.7 Å². The third-order valence-corrected chi connectivity index (χ3v) is 4.00. The molecule has 0 radical (unpaired) electrons. The van der Waals surface area contributed by atoms with Crippen LogP contribution in [-0.2, 0) is 17.9 Å². The summed E-state index contributed by atoms with van der Waals surface area (Å²) in [7, 11) is 0. The summed E-state index contributed by atoms with van der Waals surface area (Å²) >= 11 is 6.14. The Bertz CT molecular complexity index is 934. The van der Waals surface area contributed by atoms with Crippen LogP contribution in [0.1, 0.15) is 22.3 Å². The van der Waals surface area contributed by atoms with Gasteiger partial charge in [0.05, 0.1) is 43.2 Å². The highest BCUT2D eigenvalue weighted by Crippen LogP contribution is 2.17. The van der Waals surface area contributed by atoms with Crippen LogP contribution in [-0.4, -0.2) is 36.5 Å². The molecule has 0 saturated heterocycles. The molecule has 2 aromatic heterocycles. The topological polar surface area (TPSA) is 102 Å². The van der Waals surface area contributed by atoms with Gasteiger partial charge in [0.15, 0.2) is 0 Å². The van der Waals surface area contributed by atoms with Gasteiger partial charge in [-0.1, -0.05) is 29.8 Å². The lowest BCUT2D eigenvalue weighted by atomic mass is 10.2. The number of carbonyl (C=O) groups is 2. The lowest BCUT2D eigenvalue weighted by molar-refractivity contribution is -0.137. The number of benzene rings is 1. The van der Waals surface area contributed by atoms with Crippen LogP contribution in [0.25, 0.3) is 0 Å². The molecule has 0 bridgehead atoms. The van der Waals surface area contributed by atoms with Crippen LogP contribution in [0.3, 0.4) is 0 Å². The Balaban J connectivity index is 1.61. The second kappa shape index (κ2) is 7.83. The Labute approximate surface area is 154 Å². The second-order valence-corrected chi connectivity index (χ2v) is 6.02. The number of aryl methyl sites for hydroxylation is 1. The van der Waals surface area contributed by atoms with E-state index in [0.29, 0.717) is 22.8 Å². The quantitative estimate of drug-likeness (QED) is 0.662. The van der Waals surface area contributed by atoms with Gasteiger partial charge in [0.2, 0.25) is 0 Å². The molecule has 2 N–H and O–H groups in total. The normalized spacial score (nSPS) is 10.7. The molecule has 3 aromatic rings. The van der Waals surface area contributed by atoms with Gasteiger partial charge < -0.3 is 10.4 Å². The fraction of sp³-hybridized carbons (Fsp3) is 0.176. The molecule has 134 valence electrons. The fourth-order valence-electron chi connectivity index (χ4n) is 2.33. The predicted octanol–water partition coefficient (Wildman–Crippen LogP) is 2.51. The third kappa shape index (κ3) is 4.48. The summed E-state index contributed by atoms with van der Waals surface area (Å²) in [5.41, 5.74) is 1.81. The summed E-state index contributed by atoms with van der Waals surface area (Å²) in [6.45, 7) is 0.695. The highest BCUT2D eigenvalue weighted by Gasteiger charge is 2.11. The average Bonchev–Trinajstić information content (AvgIpc) is 3.24. The number of nitrogens with one attached hydrogen (secondary N) is 1. The maximum absolute atomic E-state index is 12.2. The molecular formula is C17H16ClN5O3. The van der Waals surface area contributed by atoms with Crippen LogP contribution >= 0.6 is 11.6 Å². The van der Waals surface area contributed by atoms with Crippen LogP contribution in [0.5, 0.6) is 0 Å². The zero-order chi connectivity index (χ0) is 18.5. The van der Waals surface area contributed by atoms with Crippen molar-refractivity contribution >= 4 is 29.2 Å². The van der Waals surface area contributed by atoms with Gasteiger partial charge in [-0.15, -0.1) is 0 Å². The average molecular weight is 374 g/mol. The molecule has 0 aliphatic rings. The standard InChI is InChI=1S/C17H16ClN5O3/c18-15-4-2-1-3-12(15)9-23-11-14(8-20-23)21-17(26)13-7-19-22(10-13)6-5-16(24)25/h1-4,7-8,10-11H,5-6,9H2,(H,21,26)(H,24,25). The van der Waals surface area contributed by atoms with E-state index in [1.165, 1.54) is 17.1 Å². The van der Waals surface area contributed by atoms with Gasteiger partial charge in [-0.05, 0) is 11.6 Å². The molecule has 8 nitrogen and oxygen atoms in total. The molecule has 1 amide bonds. The molecule has 1 aromatic carbocycles. The van der Waals surface area contributed by atoms with Gasteiger partial charge in [-0.25, -0.2) is 0 Å². The van der Waals surface area contributed by atoms with Crippen LogP contribution in [0.2, 0.25) is 5.02 Å². The number of amides is 1. The first-order valence-electron chi connectivity index (χ1n) is 7.83. The first kappa shape index (κ1) is 17.7. The van der Waals surface area contributed by atoms with Crippen LogP contribution in [0.4, 0.5) is 5.69 Å². The Kier molecular flexibility index (Phi) is 5.33. The van der Waals surface area contributed by atoms with E-state index in [1.807, 2.05) is 24.3 Å². The number of hydrogen-bond acceptors (Lipinski definition) is 4. The third-order valence-electron chi connectivity index (χ3n) is 3.63. The summed E-state index contributed by atoms with van der Waals surface area (Å²) in [6.07, 6.45) is 6.09. The van der Waals surface area contributed by atoms with E-state index < -0.39 is 5.97 Å². The van der Waals surface area contributed by atoms with E-state index in [1.54, 1.807) is 17.1 Å². The molecule has 0 aliphatic carbocycles. The summed E-state index contributed by atoms with van der Waals surface area (Å²) in [4.78, 5) is 22.8. The van der Waals surface area contributed by atoms with Crippen LogP contribution in [0.15, 0.2) is 49.1 Å². The molecule has 3 rings (SSSR count). The number of carboxylic acids is 1. The minimum absolute atomic E-state index is 0.0580. The number of halogens is 1. The smallest absolute Gasteiger partial charge is 0.305 e. The Morgan fingerprint density at radius 3 is 2.65 bits per heavy atom. The van der Waals surface area contributed by atoms with Crippen molar-refractivity contribution in [3.8, 4) is 0 Å². The van der Waals surface area contributed by atoms with Crippen molar-refractivity contribution in [3.05, 3.63) is 65.2 Å². The van der Waals surface area contributed by atoms with Crippen molar-refractivity contribution in [2.45, 2.75) is 19.5 Å². The van der Waals surface area contributed by atoms with Gasteiger partial charge in [-0.3, -0.25) is 19.0 Å². The van der Waals surface area contributed by atoms with E-state index in [-0.39, 0.29) is 18.9 Å². The molecule has 0 atom stereocenters. The lowest BCUT2D eigenvalue weighted by Crippen LogP contribution is -2.11. The number of rotatable bonds is 7. The summed E-state index contributed by atoms with van der Waals surface area (Å²) < 4.78 is 3.09. The van der Waals surface area contributed by atoms with E-state index in [2.05, 4.69) is 15.5 Å². The number of aromatic nitrogens is 4. The van der Waals surface area contributed by atoms with E-state index in [0.717, 1.165) is 5.56 Å². The summed E-state index contributed by atoms with van der Waals surface area (Å²) in [5, 5.41) is 20.2. The highest BCUT2D eigenvalue weighted by atomic mass is 35.5. The number of carbonyl (C=O) groups excluding carboxylic acids is 1. The van der Waals surface area contributed by atoms with Crippen molar-refractivity contribution in [1.82, 2.24) is 19.6 Å². The summed E-state index contributed by atoms with van der Waals surface area (Å²) in [6, 6.07) is 7.48. The maximum atomic E-state index is 12.2. The Morgan fingerprint density at radius 2 is 1.88 bits per heavy atom. The number of carboxylic acid groups (broad SMARTS) is 1. The van der Waals surface area contributed by atoms with E-state index >= 15 is 0 Å². The van der Waals surface area contributed by atoms with Gasteiger partial charge in [0.1, 0.15) is 0 Å². The van der Waals surface area contributed by atoms with Crippen molar-refractivity contribution in [2.75, 3.05) is 5.32 Å². The first-order valence-corrected chi connectivity index (χ1v) is 8.20. The lowest BCUT2D eigenvalue weighted by Gasteiger charge is -2.04.